The minimum absolute atomic E-state index is 0.216. The molecule has 3 aromatic rings. The van der Waals surface area contributed by atoms with E-state index in [9.17, 15) is 9.59 Å². The summed E-state index contributed by atoms with van der Waals surface area (Å²) in [6.45, 7) is 12.5. The Morgan fingerprint density at radius 1 is 1.11 bits per heavy atom. The standard InChI is InChI=1S/C32H40O5/c1-7-23(12-11-22-16-21(4)29-25(18-22)19-28(37-29)31(34)35-8-2)24-13-14-26(20(3)17-24)36-27-10-9-15-32(5,6)30(27)33/h13-14,16-19,23,27H,7-12,15H2,1-6H3. The van der Waals surface area contributed by atoms with Crippen LogP contribution in [0.4, 0.5) is 0 Å². The molecule has 0 aliphatic heterocycles. The molecule has 4 rings (SSSR count). The lowest BCUT2D eigenvalue weighted by Crippen LogP contribution is -2.42. The van der Waals surface area contributed by atoms with Gasteiger partial charge in [-0.3, -0.25) is 4.79 Å². The number of benzene rings is 2. The van der Waals surface area contributed by atoms with Gasteiger partial charge in [-0.15, -0.1) is 0 Å². The molecule has 0 saturated heterocycles. The summed E-state index contributed by atoms with van der Waals surface area (Å²) in [7, 11) is 0. The summed E-state index contributed by atoms with van der Waals surface area (Å²) in [6, 6.07) is 12.5. The highest BCUT2D eigenvalue weighted by atomic mass is 16.5. The SMILES string of the molecule is CCOC(=O)c1cc2cc(CCC(CC)c3ccc(OC4CCCC(C)(C)C4=O)c(C)c3)cc(C)c2o1. The van der Waals surface area contributed by atoms with Crippen molar-refractivity contribution >= 4 is 22.7 Å². The van der Waals surface area contributed by atoms with Gasteiger partial charge in [0.25, 0.3) is 0 Å². The molecule has 5 heteroatoms. The van der Waals surface area contributed by atoms with Crippen LogP contribution in [-0.2, 0) is 16.0 Å². The predicted octanol–water partition coefficient (Wildman–Crippen LogP) is 7.88. The van der Waals surface area contributed by atoms with Crippen LogP contribution in [0, 0.1) is 19.3 Å². The number of Topliss-reactive ketones (excluding diaryl/α,β-unsaturated/α-hetero) is 1. The average molecular weight is 505 g/mol. The maximum atomic E-state index is 12.8. The van der Waals surface area contributed by atoms with Crippen LogP contribution in [0.3, 0.4) is 0 Å². The Kier molecular flexibility index (Phi) is 8.11. The summed E-state index contributed by atoms with van der Waals surface area (Å²) >= 11 is 0. The molecule has 1 aliphatic rings. The van der Waals surface area contributed by atoms with Crippen molar-refractivity contribution in [3.63, 3.8) is 0 Å². The maximum absolute atomic E-state index is 12.8. The predicted molar refractivity (Wildman–Crippen MR) is 146 cm³/mol. The summed E-state index contributed by atoms with van der Waals surface area (Å²) < 4.78 is 17.1. The minimum Gasteiger partial charge on any atom is -0.482 e. The lowest BCUT2D eigenvalue weighted by molar-refractivity contribution is -0.137. The van der Waals surface area contributed by atoms with Crippen LogP contribution in [-0.4, -0.2) is 24.5 Å². The first-order valence-electron chi connectivity index (χ1n) is 13.6. The molecule has 0 N–H and O–H groups in total. The third-order valence-corrected chi connectivity index (χ3v) is 7.78. The topological polar surface area (TPSA) is 65.7 Å². The average Bonchev–Trinajstić information content (AvgIpc) is 3.29. The number of hydrogen-bond acceptors (Lipinski definition) is 5. The van der Waals surface area contributed by atoms with Gasteiger partial charge >= 0.3 is 5.97 Å². The fourth-order valence-electron chi connectivity index (χ4n) is 5.54. The van der Waals surface area contributed by atoms with Crippen molar-refractivity contribution in [1.29, 1.82) is 0 Å². The van der Waals surface area contributed by atoms with E-state index in [-0.39, 0.29) is 23.1 Å². The third-order valence-electron chi connectivity index (χ3n) is 7.78. The molecule has 0 radical (unpaired) electrons. The summed E-state index contributed by atoms with van der Waals surface area (Å²) in [6.07, 6.45) is 5.38. The molecule has 1 heterocycles. The summed E-state index contributed by atoms with van der Waals surface area (Å²) in [4.78, 5) is 24.9. The van der Waals surface area contributed by atoms with Crippen molar-refractivity contribution in [2.75, 3.05) is 6.61 Å². The van der Waals surface area contributed by atoms with Crippen LogP contribution in [0.5, 0.6) is 5.75 Å². The quantitative estimate of drug-likeness (QED) is 0.277. The molecule has 1 fully saturated rings. The number of carbonyl (C=O) groups is 2. The number of furan rings is 1. The van der Waals surface area contributed by atoms with E-state index in [2.05, 4.69) is 38.1 Å². The van der Waals surface area contributed by atoms with Crippen LogP contribution in [0.2, 0.25) is 0 Å². The second kappa shape index (κ2) is 11.1. The van der Waals surface area contributed by atoms with Crippen LogP contribution in [0.25, 0.3) is 11.0 Å². The Hall–Kier alpha value is -3.08. The van der Waals surface area contributed by atoms with Crippen molar-refractivity contribution in [2.24, 2.45) is 5.41 Å². The van der Waals surface area contributed by atoms with Crippen LogP contribution < -0.4 is 4.74 Å². The van der Waals surface area contributed by atoms with E-state index in [0.717, 1.165) is 66.4 Å². The summed E-state index contributed by atoms with van der Waals surface area (Å²) in [5.41, 5.74) is 5.07. The molecule has 2 unspecified atom stereocenters. The third kappa shape index (κ3) is 5.92. The van der Waals surface area contributed by atoms with Crippen molar-refractivity contribution in [1.82, 2.24) is 0 Å². The van der Waals surface area contributed by atoms with Crippen molar-refractivity contribution in [2.45, 2.75) is 92.1 Å². The number of ketones is 1. The van der Waals surface area contributed by atoms with Gasteiger partial charge in [0.2, 0.25) is 5.76 Å². The monoisotopic (exact) mass is 504 g/mol. The molecule has 0 bridgehead atoms. The molecule has 2 atom stereocenters. The zero-order chi connectivity index (χ0) is 26.7. The second-order valence-electron chi connectivity index (χ2n) is 11.1. The second-order valence-corrected chi connectivity index (χ2v) is 11.1. The number of aryl methyl sites for hydroxylation is 3. The van der Waals surface area contributed by atoms with Gasteiger partial charge < -0.3 is 13.9 Å². The van der Waals surface area contributed by atoms with Gasteiger partial charge in [-0.05, 0) is 106 Å². The first kappa shape index (κ1) is 27.0. The molecule has 1 aliphatic carbocycles. The van der Waals surface area contributed by atoms with E-state index in [1.807, 2.05) is 26.8 Å². The largest absolute Gasteiger partial charge is 0.482 e. The molecule has 37 heavy (non-hydrogen) atoms. The number of carbonyl (C=O) groups excluding carboxylic acids is 2. The maximum Gasteiger partial charge on any atom is 0.374 e. The highest BCUT2D eigenvalue weighted by Gasteiger charge is 2.38. The van der Waals surface area contributed by atoms with E-state index in [1.54, 1.807) is 13.0 Å². The van der Waals surface area contributed by atoms with Crippen LogP contribution in [0.1, 0.15) is 98.5 Å². The molecule has 0 spiro atoms. The van der Waals surface area contributed by atoms with Crippen molar-refractivity contribution in [3.05, 3.63) is 64.4 Å². The first-order chi connectivity index (χ1) is 17.6. The van der Waals surface area contributed by atoms with Gasteiger partial charge in [-0.25, -0.2) is 4.79 Å². The lowest BCUT2D eigenvalue weighted by atomic mass is 9.75. The summed E-state index contributed by atoms with van der Waals surface area (Å²) in [5.74, 6) is 1.27. The molecule has 198 valence electrons. The number of fused-ring (bicyclic) bond motifs is 1. The van der Waals surface area contributed by atoms with E-state index in [0.29, 0.717) is 12.5 Å². The first-order valence-corrected chi connectivity index (χ1v) is 13.6. The lowest BCUT2D eigenvalue weighted by Gasteiger charge is -2.33. The number of hydrogen-bond donors (Lipinski definition) is 0. The molecule has 5 nitrogen and oxygen atoms in total. The smallest absolute Gasteiger partial charge is 0.374 e. The van der Waals surface area contributed by atoms with Crippen LogP contribution >= 0.6 is 0 Å². The molecule has 1 aromatic heterocycles. The van der Waals surface area contributed by atoms with Gasteiger partial charge in [0.05, 0.1) is 6.61 Å². The van der Waals surface area contributed by atoms with E-state index in [4.69, 9.17) is 13.9 Å². The van der Waals surface area contributed by atoms with E-state index < -0.39 is 5.97 Å². The Morgan fingerprint density at radius 3 is 2.59 bits per heavy atom. The van der Waals surface area contributed by atoms with Gasteiger partial charge in [0, 0.05) is 10.8 Å². The van der Waals surface area contributed by atoms with Crippen molar-refractivity contribution in [3.8, 4) is 5.75 Å². The molecule has 1 saturated carbocycles. The van der Waals surface area contributed by atoms with Gasteiger partial charge in [-0.1, -0.05) is 39.0 Å². The van der Waals surface area contributed by atoms with Crippen molar-refractivity contribution < 1.29 is 23.5 Å². The number of ether oxygens (including phenoxy) is 2. The molecule has 0 amide bonds. The fourth-order valence-corrected chi connectivity index (χ4v) is 5.54. The van der Waals surface area contributed by atoms with Crippen LogP contribution in [0.15, 0.2) is 40.8 Å². The fraction of sp³-hybridized carbons (Fsp3) is 0.500. The van der Waals surface area contributed by atoms with E-state index >= 15 is 0 Å². The highest BCUT2D eigenvalue weighted by Crippen LogP contribution is 2.36. The molecule has 2 aromatic carbocycles. The number of esters is 1. The molecular weight excluding hydrogens is 464 g/mol. The highest BCUT2D eigenvalue weighted by molar-refractivity contribution is 5.93. The Balaban J connectivity index is 1.45. The Bertz CT molecular complexity index is 1280. The summed E-state index contributed by atoms with van der Waals surface area (Å²) in [5, 5.41) is 0.934. The minimum atomic E-state index is -0.426. The Morgan fingerprint density at radius 2 is 1.89 bits per heavy atom. The van der Waals surface area contributed by atoms with Gasteiger partial charge in [-0.2, -0.15) is 0 Å². The molecular formula is C32H40O5. The van der Waals surface area contributed by atoms with Gasteiger partial charge in [0.15, 0.2) is 11.9 Å². The normalized spacial score (nSPS) is 18.1. The zero-order valence-corrected chi connectivity index (χ0v) is 23.1. The van der Waals surface area contributed by atoms with Gasteiger partial charge in [0.1, 0.15) is 11.3 Å². The van der Waals surface area contributed by atoms with E-state index in [1.165, 1.54) is 11.1 Å². The zero-order valence-electron chi connectivity index (χ0n) is 23.1. The Labute approximate surface area is 220 Å². The number of rotatable bonds is 9.